The topological polar surface area (TPSA) is 144 Å². The van der Waals surface area contributed by atoms with Crippen molar-refractivity contribution >= 4 is 59.5 Å². The molecular formula is C45H74ClF6N7O6. The molecule has 1 saturated heterocycles. The lowest BCUT2D eigenvalue weighted by Crippen LogP contribution is -2.52. The maximum absolute atomic E-state index is 12.2. The summed E-state index contributed by atoms with van der Waals surface area (Å²) < 4.78 is 74.1. The summed E-state index contributed by atoms with van der Waals surface area (Å²) in [4.78, 5) is 72.1. The predicted molar refractivity (Wildman–Crippen MR) is 244 cm³/mol. The van der Waals surface area contributed by atoms with E-state index in [0.29, 0.717) is 45.3 Å². The maximum atomic E-state index is 12.2. The first-order chi connectivity index (χ1) is 30.4. The van der Waals surface area contributed by atoms with E-state index >= 15 is 0 Å². The quantitative estimate of drug-likeness (QED) is 0.0883. The standard InChI is InChI=1S/C20H37N5O5.C10H10ClN.C6H7F5.C5H8FNO.2C2H6/c1-17(25(4)19(29)13-22-16-27)10-8-6-5-7-9-11-23(2)20(30)14-24(3)18(28)12-21-15-26;1-7-5-9(11)6-8-3-4-12(2)10(7)8;1-4(6(9,10)11)2-5(7,8)3-4;6-5-1-2-7(3-5)4-8;2*1-2/h15-17H,5-14H2,1-4H3,(H,21,26)(H,22,27);3-6H,1-2H3;2-3H2,1H3;4-5H,1-3H2;2*1-2H3. The highest BCUT2D eigenvalue weighted by molar-refractivity contribution is 6.31. The number of fused-ring (bicyclic) bond motifs is 1. The van der Waals surface area contributed by atoms with Crippen molar-refractivity contribution in [1.29, 1.82) is 0 Å². The summed E-state index contributed by atoms with van der Waals surface area (Å²) >= 11 is 5.92. The second-order valence-electron chi connectivity index (χ2n) is 15.8. The smallest absolute Gasteiger partial charge is 0.350 e. The molecule has 0 bridgehead atoms. The van der Waals surface area contributed by atoms with Crippen molar-refractivity contribution < 1.29 is 55.1 Å². The number of hydrogen-bond acceptors (Lipinski definition) is 6. The summed E-state index contributed by atoms with van der Waals surface area (Å²) in [5.41, 5.74) is 0.334. The Morgan fingerprint density at radius 1 is 0.892 bits per heavy atom. The number of nitrogens with zero attached hydrogens (tertiary/aromatic N) is 5. The molecule has 65 heavy (non-hydrogen) atoms. The third-order valence-electron chi connectivity index (χ3n) is 10.5. The Labute approximate surface area is 386 Å². The number of aromatic nitrogens is 1. The number of aryl methyl sites for hydroxylation is 2. The van der Waals surface area contributed by atoms with Crippen molar-refractivity contribution in [2.45, 2.75) is 131 Å². The van der Waals surface area contributed by atoms with E-state index in [-0.39, 0.29) is 43.4 Å². The number of rotatable bonds is 18. The van der Waals surface area contributed by atoms with Crippen molar-refractivity contribution in [2.24, 2.45) is 12.5 Å². The summed E-state index contributed by atoms with van der Waals surface area (Å²) in [5.74, 6) is -3.66. The summed E-state index contributed by atoms with van der Waals surface area (Å²) in [5, 5.41) is 6.69. The van der Waals surface area contributed by atoms with Crippen LogP contribution in [0, 0.1) is 12.3 Å². The predicted octanol–water partition coefficient (Wildman–Crippen LogP) is 7.95. The van der Waals surface area contributed by atoms with Gasteiger partial charge >= 0.3 is 6.18 Å². The molecule has 13 nitrogen and oxygen atoms in total. The Bertz CT molecular complexity index is 1710. The summed E-state index contributed by atoms with van der Waals surface area (Å²) in [6.45, 7) is 14.3. The Hall–Kier alpha value is -4.55. The van der Waals surface area contributed by atoms with Crippen LogP contribution >= 0.6 is 11.6 Å². The highest BCUT2D eigenvalue weighted by atomic mass is 35.5. The van der Waals surface area contributed by atoms with Crippen LogP contribution in [0.2, 0.25) is 5.02 Å². The fourth-order valence-corrected chi connectivity index (χ4v) is 6.86. The van der Waals surface area contributed by atoms with Gasteiger partial charge in [-0.3, -0.25) is 28.8 Å². The van der Waals surface area contributed by atoms with Gasteiger partial charge in [0.15, 0.2) is 0 Å². The van der Waals surface area contributed by atoms with Crippen molar-refractivity contribution in [2.75, 3.05) is 60.4 Å². The van der Waals surface area contributed by atoms with Gasteiger partial charge < -0.3 is 34.8 Å². The highest BCUT2D eigenvalue weighted by Gasteiger charge is 2.66. The SMILES string of the molecule is CC.CC.CC(CCCCCCCN(C)C(=O)CN(C)C(=O)CNC=O)N(C)C(=O)CNC=O.CC1(C(F)(F)F)CC(F)(F)C1.Cc1cc(Cl)cc2ccn(C)c12.O=CN1CCC(F)C1. The minimum absolute atomic E-state index is 0.0115. The van der Waals surface area contributed by atoms with E-state index in [4.69, 9.17) is 11.6 Å². The molecule has 20 heteroatoms. The number of unbranched alkanes of at least 4 members (excludes halogenated alkanes) is 4. The average molecular weight is 959 g/mol. The van der Waals surface area contributed by atoms with Crippen LogP contribution < -0.4 is 10.6 Å². The molecule has 1 saturated carbocycles. The van der Waals surface area contributed by atoms with Crippen LogP contribution in [0.15, 0.2) is 24.4 Å². The van der Waals surface area contributed by atoms with E-state index < -0.39 is 36.5 Å². The molecule has 2 heterocycles. The van der Waals surface area contributed by atoms with Gasteiger partial charge in [0.05, 0.1) is 37.1 Å². The molecule has 1 aromatic heterocycles. The molecule has 4 rings (SSSR count). The van der Waals surface area contributed by atoms with Crippen LogP contribution in [0.25, 0.3) is 10.9 Å². The molecule has 2 atom stereocenters. The number of halogens is 7. The Morgan fingerprint density at radius 2 is 1.43 bits per heavy atom. The van der Waals surface area contributed by atoms with Gasteiger partial charge in [0.25, 0.3) is 0 Å². The van der Waals surface area contributed by atoms with Crippen LogP contribution in [0.5, 0.6) is 0 Å². The normalized spacial score (nSPS) is 15.6. The lowest BCUT2D eigenvalue weighted by Gasteiger charge is -2.45. The largest absolute Gasteiger partial charge is 0.394 e. The van der Waals surface area contributed by atoms with Crippen LogP contribution in [-0.2, 0) is 35.8 Å². The molecular weight excluding hydrogens is 884 g/mol. The van der Waals surface area contributed by atoms with Gasteiger partial charge in [0.1, 0.15) is 6.17 Å². The number of carbonyl (C=O) groups excluding carboxylic acids is 6. The van der Waals surface area contributed by atoms with E-state index in [2.05, 4.69) is 28.2 Å². The van der Waals surface area contributed by atoms with Crippen molar-refractivity contribution in [3.05, 3.63) is 35.0 Å². The van der Waals surface area contributed by atoms with Crippen LogP contribution in [0.1, 0.15) is 105 Å². The molecule has 2 fully saturated rings. The van der Waals surface area contributed by atoms with Gasteiger partial charge in [-0.25, -0.2) is 13.2 Å². The molecule has 0 spiro atoms. The number of benzene rings is 1. The summed E-state index contributed by atoms with van der Waals surface area (Å²) in [6.07, 6.45) is 2.73. The van der Waals surface area contributed by atoms with Gasteiger partial charge in [0, 0.05) is 76.8 Å². The molecule has 1 aliphatic heterocycles. The fraction of sp³-hybridized carbons (Fsp3) is 0.689. The van der Waals surface area contributed by atoms with Crippen LogP contribution in [0.4, 0.5) is 26.3 Å². The number of likely N-dealkylation sites (tertiary alicyclic amines) is 1. The average Bonchev–Trinajstić information content (AvgIpc) is 3.86. The Balaban J connectivity index is 0. The number of alkyl halides is 6. The first kappa shape index (κ1) is 62.5. The van der Waals surface area contributed by atoms with Crippen molar-refractivity contribution in [1.82, 2.24) is 34.8 Å². The van der Waals surface area contributed by atoms with E-state index in [9.17, 15) is 55.1 Å². The zero-order valence-corrected chi connectivity index (χ0v) is 40.9. The molecule has 1 aromatic carbocycles. The number of amides is 6. The van der Waals surface area contributed by atoms with Gasteiger partial charge in [0.2, 0.25) is 42.9 Å². The highest BCUT2D eigenvalue weighted by Crippen LogP contribution is 2.59. The summed E-state index contributed by atoms with van der Waals surface area (Å²) in [7, 11) is 7.04. The number of likely N-dealkylation sites (N-methyl/N-ethyl adjacent to an activating group) is 3. The van der Waals surface area contributed by atoms with Gasteiger partial charge in [-0.1, -0.05) is 71.9 Å². The molecule has 2 unspecified atom stereocenters. The number of nitrogens with one attached hydrogen (secondary N) is 2. The van der Waals surface area contributed by atoms with Crippen molar-refractivity contribution in [3.8, 4) is 0 Å². The minimum Gasteiger partial charge on any atom is -0.350 e. The zero-order valence-electron chi connectivity index (χ0n) is 40.1. The van der Waals surface area contributed by atoms with E-state index in [1.165, 1.54) is 33.3 Å². The molecule has 6 amide bonds. The van der Waals surface area contributed by atoms with E-state index in [1.807, 2.05) is 60.0 Å². The minimum atomic E-state index is -4.49. The molecule has 374 valence electrons. The van der Waals surface area contributed by atoms with Gasteiger partial charge in [-0.15, -0.1) is 0 Å². The van der Waals surface area contributed by atoms with E-state index in [0.717, 1.165) is 50.5 Å². The number of carbonyl (C=O) groups is 6. The Kier molecular flexibility index (Phi) is 31.0. The summed E-state index contributed by atoms with van der Waals surface area (Å²) in [6, 6.07) is 6.18. The third-order valence-corrected chi connectivity index (χ3v) is 10.7. The second kappa shape index (κ2) is 32.2. The van der Waals surface area contributed by atoms with Gasteiger partial charge in [-0.2, -0.15) is 13.2 Å². The lowest BCUT2D eigenvalue weighted by atomic mass is 9.67. The Morgan fingerprint density at radius 3 is 1.89 bits per heavy atom. The first-order valence-electron chi connectivity index (χ1n) is 22.0. The number of hydrogen-bond donors (Lipinski definition) is 2. The van der Waals surface area contributed by atoms with E-state index in [1.54, 1.807) is 23.9 Å². The monoisotopic (exact) mass is 958 g/mol. The molecule has 1 aliphatic carbocycles. The molecule has 0 radical (unpaired) electrons. The first-order valence-corrected chi connectivity index (χ1v) is 22.4. The second-order valence-corrected chi connectivity index (χ2v) is 16.3. The fourth-order valence-electron chi connectivity index (χ4n) is 6.58. The molecule has 2 N–H and O–H groups in total. The third kappa shape index (κ3) is 24.0. The molecule has 2 aliphatic rings. The van der Waals surface area contributed by atoms with Gasteiger partial charge in [-0.05, 0) is 56.9 Å². The molecule has 2 aromatic rings. The lowest BCUT2D eigenvalue weighted by molar-refractivity contribution is -0.301. The maximum Gasteiger partial charge on any atom is 0.394 e. The zero-order chi connectivity index (χ0) is 50.6. The van der Waals surface area contributed by atoms with Crippen LogP contribution in [-0.4, -0.2) is 146 Å². The van der Waals surface area contributed by atoms with Crippen molar-refractivity contribution in [3.63, 3.8) is 0 Å². The van der Waals surface area contributed by atoms with Crippen LogP contribution in [0.3, 0.4) is 0 Å².